The van der Waals surface area contributed by atoms with Gasteiger partial charge in [-0.25, -0.2) is 17.5 Å². The molecule has 0 atom stereocenters. The number of methoxy groups -OCH3 is 1. The van der Waals surface area contributed by atoms with Crippen molar-refractivity contribution in [1.82, 2.24) is 4.72 Å². The van der Waals surface area contributed by atoms with E-state index in [1.165, 1.54) is 18.6 Å². The van der Waals surface area contributed by atoms with Crippen LogP contribution in [-0.2, 0) is 16.4 Å². The lowest BCUT2D eigenvalue weighted by molar-refractivity contribution is 0.412. The summed E-state index contributed by atoms with van der Waals surface area (Å²) in [5.74, 6) is 0.401. The molecular formula is C24H27FN2O3S. The van der Waals surface area contributed by atoms with Crippen molar-refractivity contribution < 1.29 is 17.5 Å². The molecule has 3 aromatic rings. The maximum atomic E-state index is 13.5. The molecule has 1 aliphatic heterocycles. The van der Waals surface area contributed by atoms with Crippen molar-refractivity contribution in [3.8, 4) is 5.75 Å². The van der Waals surface area contributed by atoms with Gasteiger partial charge in [-0.05, 0) is 72.4 Å². The highest BCUT2D eigenvalue weighted by molar-refractivity contribution is 7.89. The number of rotatable bonds is 7. The zero-order valence-electron chi connectivity index (χ0n) is 17.6. The van der Waals surface area contributed by atoms with Crippen molar-refractivity contribution in [2.45, 2.75) is 30.6 Å². The van der Waals surface area contributed by atoms with E-state index in [9.17, 15) is 12.8 Å². The van der Waals surface area contributed by atoms with Crippen LogP contribution < -0.4 is 14.4 Å². The summed E-state index contributed by atoms with van der Waals surface area (Å²) >= 11 is 0. The van der Waals surface area contributed by atoms with Gasteiger partial charge in [0.1, 0.15) is 11.6 Å². The van der Waals surface area contributed by atoms with Gasteiger partial charge in [-0.3, -0.25) is 0 Å². The van der Waals surface area contributed by atoms with Gasteiger partial charge in [0.2, 0.25) is 10.0 Å². The van der Waals surface area contributed by atoms with Gasteiger partial charge in [-0.1, -0.05) is 24.3 Å². The van der Waals surface area contributed by atoms with E-state index in [4.69, 9.17) is 4.74 Å². The van der Waals surface area contributed by atoms with Crippen molar-refractivity contribution in [2.75, 3.05) is 31.6 Å². The van der Waals surface area contributed by atoms with Crippen molar-refractivity contribution in [2.24, 2.45) is 0 Å². The molecular weight excluding hydrogens is 415 g/mol. The van der Waals surface area contributed by atoms with Crippen molar-refractivity contribution >= 4 is 26.5 Å². The molecule has 0 amide bonds. The Labute approximate surface area is 182 Å². The lowest BCUT2D eigenvalue weighted by atomic mass is 10.0. The maximum absolute atomic E-state index is 13.5. The number of nitrogens with zero attached hydrogens (tertiary/aromatic N) is 1. The normalized spacial score (nSPS) is 14.7. The zero-order chi connectivity index (χ0) is 21.8. The lowest BCUT2D eigenvalue weighted by Gasteiger charge is -2.30. The molecule has 0 aliphatic carbocycles. The number of fused-ring (bicyclic) bond motifs is 1. The Morgan fingerprint density at radius 1 is 1.03 bits per heavy atom. The Hall–Kier alpha value is -2.64. The van der Waals surface area contributed by atoms with E-state index in [0.29, 0.717) is 12.2 Å². The van der Waals surface area contributed by atoms with Gasteiger partial charge in [0.05, 0.1) is 17.7 Å². The molecule has 0 bridgehead atoms. The van der Waals surface area contributed by atoms with Gasteiger partial charge in [-0.15, -0.1) is 0 Å². The average molecular weight is 443 g/mol. The fourth-order valence-electron chi connectivity index (χ4n) is 4.16. The number of hydrogen-bond donors (Lipinski definition) is 1. The Balaban J connectivity index is 1.50. The molecule has 0 radical (unpaired) electrons. The molecule has 1 heterocycles. The second kappa shape index (κ2) is 9.24. The van der Waals surface area contributed by atoms with Crippen molar-refractivity contribution in [3.05, 3.63) is 66.0 Å². The maximum Gasteiger partial charge on any atom is 0.240 e. The molecule has 7 heteroatoms. The summed E-state index contributed by atoms with van der Waals surface area (Å²) < 4.78 is 47.5. The SMILES string of the molecule is COc1ccc(S(=O)(=O)NCCc2cccc3cc(F)ccc23)cc1N1CCCCC1. The number of nitrogens with one attached hydrogen (secondary N) is 1. The van der Waals surface area contributed by atoms with Gasteiger partial charge in [0, 0.05) is 19.6 Å². The molecule has 0 saturated carbocycles. The molecule has 3 aromatic carbocycles. The molecule has 1 saturated heterocycles. The predicted molar refractivity (Wildman–Crippen MR) is 122 cm³/mol. The van der Waals surface area contributed by atoms with Gasteiger partial charge in [0.15, 0.2) is 0 Å². The van der Waals surface area contributed by atoms with E-state index in [0.717, 1.165) is 48.0 Å². The number of halogens is 1. The molecule has 0 spiro atoms. The molecule has 1 N–H and O–H groups in total. The lowest BCUT2D eigenvalue weighted by Crippen LogP contribution is -2.30. The van der Waals surface area contributed by atoms with E-state index >= 15 is 0 Å². The Morgan fingerprint density at radius 2 is 1.84 bits per heavy atom. The summed E-state index contributed by atoms with van der Waals surface area (Å²) in [4.78, 5) is 2.42. The summed E-state index contributed by atoms with van der Waals surface area (Å²) in [6, 6.07) is 15.3. The van der Waals surface area contributed by atoms with Gasteiger partial charge in [0.25, 0.3) is 0 Å². The first-order valence-corrected chi connectivity index (χ1v) is 12.1. The fourth-order valence-corrected chi connectivity index (χ4v) is 5.21. The van der Waals surface area contributed by atoms with Crippen LogP contribution in [0.4, 0.5) is 10.1 Å². The summed E-state index contributed by atoms with van der Waals surface area (Å²) in [7, 11) is -2.07. The van der Waals surface area contributed by atoms with E-state index in [-0.39, 0.29) is 17.3 Å². The van der Waals surface area contributed by atoms with Gasteiger partial charge < -0.3 is 9.64 Å². The van der Waals surface area contributed by atoms with Crippen molar-refractivity contribution in [3.63, 3.8) is 0 Å². The fraction of sp³-hybridized carbons (Fsp3) is 0.333. The molecule has 4 rings (SSSR count). The number of sulfonamides is 1. The van der Waals surface area contributed by atoms with Crippen LogP contribution in [0.25, 0.3) is 10.8 Å². The van der Waals surface area contributed by atoms with Crippen LogP contribution in [0, 0.1) is 5.82 Å². The Bertz CT molecular complexity index is 1170. The van der Waals surface area contributed by atoms with Crippen LogP contribution in [0.2, 0.25) is 0 Å². The van der Waals surface area contributed by atoms with Gasteiger partial charge in [-0.2, -0.15) is 0 Å². The molecule has 0 aromatic heterocycles. The minimum atomic E-state index is -3.67. The summed E-state index contributed by atoms with van der Waals surface area (Å²) in [5.41, 5.74) is 1.80. The predicted octanol–water partition coefficient (Wildman–Crippen LogP) is 4.50. The molecule has 5 nitrogen and oxygen atoms in total. The molecule has 1 fully saturated rings. The first-order valence-electron chi connectivity index (χ1n) is 10.6. The average Bonchev–Trinajstić information content (AvgIpc) is 2.79. The number of ether oxygens (including phenoxy) is 1. The molecule has 164 valence electrons. The largest absolute Gasteiger partial charge is 0.495 e. The van der Waals surface area contributed by atoms with Crippen molar-refractivity contribution in [1.29, 1.82) is 0 Å². The van der Waals surface area contributed by atoms with Crippen LogP contribution in [0.1, 0.15) is 24.8 Å². The number of hydrogen-bond acceptors (Lipinski definition) is 4. The van der Waals surface area contributed by atoms with Gasteiger partial charge >= 0.3 is 0 Å². The first-order chi connectivity index (χ1) is 15.0. The highest BCUT2D eigenvalue weighted by Crippen LogP contribution is 2.32. The standard InChI is InChI=1S/C24H27FN2O3S/c1-30-24-11-9-21(17-23(24)27-14-3-2-4-15-27)31(28,29)26-13-12-18-6-5-7-19-16-20(25)8-10-22(18)19/h5-11,16-17,26H,2-4,12-15H2,1H3. The zero-order valence-corrected chi connectivity index (χ0v) is 18.4. The minimum absolute atomic E-state index is 0.230. The van der Waals surface area contributed by atoms with Crippen LogP contribution in [0.3, 0.4) is 0 Å². The molecule has 0 unspecified atom stereocenters. The second-order valence-electron chi connectivity index (χ2n) is 7.81. The number of anilines is 1. The quantitative estimate of drug-likeness (QED) is 0.585. The highest BCUT2D eigenvalue weighted by Gasteiger charge is 2.20. The third-order valence-corrected chi connectivity index (χ3v) is 7.24. The van der Waals surface area contributed by atoms with E-state index in [1.807, 2.05) is 18.2 Å². The number of piperidine rings is 1. The summed E-state index contributed by atoms with van der Waals surface area (Å²) in [6.07, 6.45) is 3.89. The minimum Gasteiger partial charge on any atom is -0.495 e. The topological polar surface area (TPSA) is 58.6 Å². The van der Waals surface area contributed by atoms with Crippen LogP contribution in [-0.4, -0.2) is 35.2 Å². The summed E-state index contributed by atoms with van der Waals surface area (Å²) in [6.45, 7) is 2.05. The van der Waals surface area contributed by atoms with Crippen LogP contribution >= 0.6 is 0 Å². The van der Waals surface area contributed by atoms with E-state index in [1.54, 1.807) is 31.4 Å². The third-order valence-electron chi connectivity index (χ3n) is 5.78. The third kappa shape index (κ3) is 4.83. The van der Waals surface area contributed by atoms with E-state index in [2.05, 4.69) is 9.62 Å². The van der Waals surface area contributed by atoms with Crippen LogP contribution in [0.15, 0.2) is 59.5 Å². The van der Waals surface area contributed by atoms with E-state index < -0.39 is 10.0 Å². The monoisotopic (exact) mass is 442 g/mol. The first kappa shape index (κ1) is 21.6. The Morgan fingerprint density at radius 3 is 2.61 bits per heavy atom. The smallest absolute Gasteiger partial charge is 0.240 e. The highest BCUT2D eigenvalue weighted by atomic mass is 32.2. The Kier molecular flexibility index (Phi) is 6.43. The molecule has 31 heavy (non-hydrogen) atoms. The summed E-state index contributed by atoms with van der Waals surface area (Å²) in [5, 5.41) is 1.74. The van der Waals surface area contributed by atoms with Crippen LogP contribution in [0.5, 0.6) is 5.75 Å². The number of benzene rings is 3. The molecule has 1 aliphatic rings. The second-order valence-corrected chi connectivity index (χ2v) is 9.58.